The first kappa shape index (κ1) is 22.0. The van der Waals surface area contributed by atoms with Gasteiger partial charge < -0.3 is 4.48 Å². The first-order valence-corrected chi connectivity index (χ1v) is 10.1. The molecule has 24 heavy (non-hydrogen) atoms. The molecule has 1 saturated heterocycles. The molecule has 1 fully saturated rings. The highest BCUT2D eigenvalue weighted by Gasteiger charge is 2.58. The average Bonchev–Trinajstić information content (AvgIpc) is 2.28. The van der Waals surface area contributed by atoms with Crippen LogP contribution in [0.5, 0.6) is 0 Å². The number of nitrogens with zero attached hydrogens (tertiary/aromatic N) is 1. The lowest BCUT2D eigenvalue weighted by atomic mass is 9.62. The summed E-state index contributed by atoms with van der Waals surface area (Å²) < 4.78 is 1.17. The van der Waals surface area contributed by atoms with Gasteiger partial charge in [-0.3, -0.25) is 0 Å². The van der Waals surface area contributed by atoms with E-state index in [1.165, 1.54) is 30.3 Å². The fourth-order valence-electron chi connectivity index (χ4n) is 5.42. The minimum absolute atomic E-state index is 0.229. The fourth-order valence-corrected chi connectivity index (χ4v) is 5.42. The maximum absolute atomic E-state index is 2.55. The highest BCUT2D eigenvalue weighted by atomic mass is 15.4. The predicted octanol–water partition coefficient (Wildman–Crippen LogP) is 6.91. The summed E-state index contributed by atoms with van der Waals surface area (Å²) >= 11 is 0. The van der Waals surface area contributed by atoms with Crippen LogP contribution < -0.4 is 0 Å². The lowest BCUT2D eigenvalue weighted by Crippen LogP contribution is -2.74. The molecule has 144 valence electrons. The molecule has 1 nitrogen and oxygen atoms in total. The molecule has 1 heteroatoms. The molecule has 2 atom stereocenters. The second-order valence-corrected chi connectivity index (χ2v) is 12.9. The Morgan fingerprint density at radius 3 is 1.67 bits per heavy atom. The van der Waals surface area contributed by atoms with Gasteiger partial charge in [0.05, 0.1) is 24.7 Å². The van der Waals surface area contributed by atoms with Gasteiger partial charge in [0.2, 0.25) is 0 Å². The number of hydrogen-bond acceptors (Lipinski definition) is 0. The van der Waals surface area contributed by atoms with Crippen molar-refractivity contribution in [3.63, 3.8) is 0 Å². The summed E-state index contributed by atoms with van der Waals surface area (Å²) in [7, 11) is 2.55. The Hall–Kier alpha value is -0.0400. The van der Waals surface area contributed by atoms with Crippen molar-refractivity contribution in [2.45, 2.75) is 113 Å². The van der Waals surface area contributed by atoms with E-state index >= 15 is 0 Å². The van der Waals surface area contributed by atoms with E-state index in [-0.39, 0.29) is 16.5 Å². The molecule has 1 aliphatic rings. The minimum atomic E-state index is 0.229. The van der Waals surface area contributed by atoms with E-state index in [0.717, 1.165) is 5.92 Å². The van der Waals surface area contributed by atoms with Crippen LogP contribution in [0.25, 0.3) is 0 Å². The topological polar surface area (TPSA) is 0 Å². The van der Waals surface area contributed by atoms with Crippen molar-refractivity contribution in [1.82, 2.24) is 0 Å². The van der Waals surface area contributed by atoms with Crippen molar-refractivity contribution in [1.29, 1.82) is 0 Å². The first-order chi connectivity index (χ1) is 10.3. The van der Waals surface area contributed by atoms with Crippen LogP contribution in [0.15, 0.2) is 0 Å². The third-order valence-corrected chi connectivity index (χ3v) is 8.26. The monoisotopic (exact) mass is 338 g/mol. The van der Waals surface area contributed by atoms with E-state index in [2.05, 4.69) is 90.1 Å². The van der Waals surface area contributed by atoms with Crippen molar-refractivity contribution < 1.29 is 4.48 Å². The average molecular weight is 339 g/mol. The zero-order valence-electron chi connectivity index (χ0n) is 19.4. The van der Waals surface area contributed by atoms with Crippen LogP contribution in [0, 0.1) is 22.2 Å². The molecule has 1 rings (SSSR count). The number of rotatable bonds is 1. The van der Waals surface area contributed by atoms with Crippen molar-refractivity contribution in [3.05, 3.63) is 0 Å². The van der Waals surface area contributed by atoms with E-state index in [1.807, 2.05) is 0 Å². The summed E-state index contributed by atoms with van der Waals surface area (Å²) in [6.07, 6.45) is 3.99. The maximum atomic E-state index is 2.55. The summed E-state index contributed by atoms with van der Waals surface area (Å²) in [5.74, 6) is 0.803. The van der Waals surface area contributed by atoms with Gasteiger partial charge in [0.25, 0.3) is 0 Å². The Balaban J connectivity index is 3.43. The van der Waals surface area contributed by atoms with Gasteiger partial charge in [-0.2, -0.15) is 0 Å². The molecule has 0 bridgehead atoms. The molecule has 0 spiro atoms. The van der Waals surface area contributed by atoms with Crippen molar-refractivity contribution >= 4 is 0 Å². The lowest BCUT2D eigenvalue weighted by Gasteiger charge is -2.64. The van der Waals surface area contributed by atoms with Crippen LogP contribution in [-0.2, 0) is 0 Å². The SMILES string of the molecule is CC1(C)CC(C(C)(C)C)CC[N+](C)(C(C)(C)C(C)(C)C)C(C)(C)C1. The summed E-state index contributed by atoms with van der Waals surface area (Å²) in [4.78, 5) is 0. The Morgan fingerprint density at radius 1 is 0.833 bits per heavy atom. The molecule has 0 aromatic carbocycles. The van der Waals surface area contributed by atoms with Gasteiger partial charge in [-0.25, -0.2) is 0 Å². The summed E-state index contributed by atoms with van der Waals surface area (Å²) in [6.45, 7) is 31.0. The lowest BCUT2D eigenvalue weighted by molar-refractivity contribution is -1.01. The van der Waals surface area contributed by atoms with Gasteiger partial charge in [0, 0.05) is 11.8 Å². The van der Waals surface area contributed by atoms with E-state index in [0.29, 0.717) is 10.8 Å². The van der Waals surface area contributed by atoms with E-state index in [9.17, 15) is 0 Å². The molecule has 0 aromatic rings. The normalized spacial score (nSPS) is 32.1. The van der Waals surface area contributed by atoms with E-state index < -0.39 is 0 Å². The van der Waals surface area contributed by atoms with Crippen molar-refractivity contribution in [2.24, 2.45) is 22.2 Å². The molecule has 2 unspecified atom stereocenters. The van der Waals surface area contributed by atoms with Crippen LogP contribution in [0.4, 0.5) is 0 Å². The smallest absolute Gasteiger partial charge is 0.0986 e. The summed E-state index contributed by atoms with van der Waals surface area (Å²) in [5.41, 5.74) is 1.58. The summed E-state index contributed by atoms with van der Waals surface area (Å²) in [6, 6.07) is 0. The van der Waals surface area contributed by atoms with Gasteiger partial charge in [-0.15, -0.1) is 0 Å². The Bertz CT molecular complexity index is 442. The number of quaternary nitrogens is 1. The third-order valence-electron chi connectivity index (χ3n) is 8.26. The zero-order chi connectivity index (χ0) is 19.4. The van der Waals surface area contributed by atoms with Gasteiger partial charge in [-0.1, -0.05) is 55.4 Å². The quantitative estimate of drug-likeness (QED) is 0.456. The van der Waals surface area contributed by atoms with Crippen LogP contribution >= 0.6 is 0 Å². The highest BCUT2D eigenvalue weighted by molar-refractivity contribution is 4.94. The molecule has 0 saturated carbocycles. The molecular weight excluding hydrogens is 290 g/mol. The number of likely N-dealkylation sites (tertiary alicyclic amines) is 1. The van der Waals surface area contributed by atoms with E-state index in [1.54, 1.807) is 0 Å². The zero-order valence-corrected chi connectivity index (χ0v) is 19.4. The maximum Gasteiger partial charge on any atom is 0.0986 e. The molecule has 0 aromatic heterocycles. The predicted molar refractivity (Wildman–Crippen MR) is 109 cm³/mol. The van der Waals surface area contributed by atoms with Crippen molar-refractivity contribution in [3.8, 4) is 0 Å². The van der Waals surface area contributed by atoms with Crippen LogP contribution in [0.3, 0.4) is 0 Å². The van der Waals surface area contributed by atoms with Gasteiger partial charge in [0.15, 0.2) is 0 Å². The molecule has 0 radical (unpaired) electrons. The standard InChI is InChI=1S/C23H48N/c1-19(2,3)18-14-15-24(13,23(11,12)20(4,5)6)22(9,10)17-21(7,8)16-18/h18H,14-17H2,1-13H3/q+1. The van der Waals surface area contributed by atoms with Crippen molar-refractivity contribution in [2.75, 3.05) is 13.6 Å². The molecule has 1 aliphatic heterocycles. The Labute approximate surface area is 154 Å². The second kappa shape index (κ2) is 6.00. The summed E-state index contributed by atoms with van der Waals surface area (Å²) in [5, 5.41) is 0. The Morgan fingerprint density at radius 2 is 1.29 bits per heavy atom. The van der Waals surface area contributed by atoms with Gasteiger partial charge >= 0.3 is 0 Å². The third kappa shape index (κ3) is 3.87. The molecule has 0 N–H and O–H groups in total. The van der Waals surface area contributed by atoms with E-state index in [4.69, 9.17) is 0 Å². The van der Waals surface area contributed by atoms with Gasteiger partial charge in [0.1, 0.15) is 0 Å². The molecule has 0 amide bonds. The minimum Gasteiger partial charge on any atom is -0.317 e. The molecule has 1 heterocycles. The molecule has 0 aliphatic carbocycles. The van der Waals surface area contributed by atoms with Crippen LogP contribution in [-0.4, -0.2) is 29.2 Å². The molecular formula is C23H48N+. The van der Waals surface area contributed by atoms with Gasteiger partial charge in [-0.05, 0) is 57.3 Å². The largest absolute Gasteiger partial charge is 0.317 e. The Kier molecular flexibility index (Phi) is 5.50. The number of hydrogen-bond donors (Lipinski definition) is 0. The van der Waals surface area contributed by atoms with Crippen LogP contribution in [0.1, 0.15) is 102 Å². The first-order valence-electron chi connectivity index (χ1n) is 10.1. The van der Waals surface area contributed by atoms with Crippen LogP contribution in [0.2, 0.25) is 0 Å². The second-order valence-electron chi connectivity index (χ2n) is 12.9. The fraction of sp³-hybridized carbons (Fsp3) is 1.00. The highest BCUT2D eigenvalue weighted by Crippen LogP contribution is 2.52.